The van der Waals surface area contributed by atoms with Gasteiger partial charge in [-0.2, -0.15) is 4.98 Å². The molecule has 0 amide bonds. The van der Waals surface area contributed by atoms with Gasteiger partial charge in [-0.1, -0.05) is 5.16 Å². The van der Waals surface area contributed by atoms with Crippen molar-refractivity contribution in [3.8, 4) is 10.8 Å². The summed E-state index contributed by atoms with van der Waals surface area (Å²) < 4.78 is 4.92. The second kappa shape index (κ2) is 2.43. The number of aromatic nitrogens is 3. The molecule has 2 rings (SSSR count). The average molecular weight is 167 g/mol. The number of hydrogen-bond donors (Lipinski definition) is 0. The topological polar surface area (TPSA) is 51.8 Å². The van der Waals surface area contributed by atoms with Gasteiger partial charge in [0.25, 0.3) is 5.89 Å². The molecule has 0 N–H and O–H groups in total. The predicted molar refractivity (Wildman–Crippen MR) is 40.1 cm³/mol. The Morgan fingerprint density at radius 3 is 3.00 bits per heavy atom. The zero-order chi connectivity index (χ0) is 7.68. The molecule has 2 heterocycles. The van der Waals surface area contributed by atoms with Crippen molar-refractivity contribution in [2.24, 2.45) is 0 Å². The van der Waals surface area contributed by atoms with Crippen molar-refractivity contribution >= 4 is 11.3 Å². The summed E-state index contributed by atoms with van der Waals surface area (Å²) in [5, 5.41) is 3.67. The smallest absolute Gasteiger partial charge is 0.269 e. The van der Waals surface area contributed by atoms with E-state index >= 15 is 0 Å². The van der Waals surface area contributed by atoms with E-state index in [9.17, 15) is 0 Å². The van der Waals surface area contributed by atoms with Crippen LogP contribution in [0.5, 0.6) is 0 Å². The van der Waals surface area contributed by atoms with Crippen LogP contribution in [0.1, 0.15) is 5.82 Å². The molecular formula is C6H5N3OS. The Bertz CT molecular complexity index is 340. The molecule has 0 saturated carbocycles. The number of thiazole rings is 1. The first kappa shape index (κ1) is 6.48. The highest BCUT2D eigenvalue weighted by atomic mass is 32.1. The summed E-state index contributed by atoms with van der Waals surface area (Å²) in [4.78, 5) is 8.85. The average Bonchev–Trinajstić information content (AvgIpc) is 2.55. The van der Waals surface area contributed by atoms with Crippen molar-refractivity contribution in [3.63, 3.8) is 0 Å². The minimum Gasteiger partial charge on any atom is -0.333 e. The molecular weight excluding hydrogens is 162 g/mol. The van der Waals surface area contributed by atoms with Crippen molar-refractivity contribution in [1.82, 2.24) is 15.1 Å². The number of nitrogens with zero attached hydrogens (tertiary/aromatic N) is 3. The third-order valence-corrected chi connectivity index (χ3v) is 1.93. The second-order valence-corrected chi connectivity index (χ2v) is 2.90. The van der Waals surface area contributed by atoms with Gasteiger partial charge in [0.1, 0.15) is 4.88 Å². The van der Waals surface area contributed by atoms with Crippen LogP contribution >= 0.6 is 11.3 Å². The molecule has 56 valence electrons. The van der Waals surface area contributed by atoms with E-state index in [0.29, 0.717) is 11.7 Å². The molecule has 2 aromatic heterocycles. The van der Waals surface area contributed by atoms with Gasteiger partial charge in [0.05, 0.1) is 11.7 Å². The van der Waals surface area contributed by atoms with Crippen LogP contribution in [0.2, 0.25) is 0 Å². The van der Waals surface area contributed by atoms with Gasteiger partial charge in [-0.15, -0.1) is 11.3 Å². The molecule has 0 atom stereocenters. The monoisotopic (exact) mass is 167 g/mol. The van der Waals surface area contributed by atoms with Crippen LogP contribution in [0.3, 0.4) is 0 Å². The van der Waals surface area contributed by atoms with Crippen molar-refractivity contribution in [3.05, 3.63) is 17.5 Å². The normalized spacial score (nSPS) is 10.3. The summed E-state index contributed by atoms with van der Waals surface area (Å²) in [5.41, 5.74) is 1.73. The summed E-state index contributed by atoms with van der Waals surface area (Å²) in [6.45, 7) is 1.79. The van der Waals surface area contributed by atoms with Crippen LogP contribution in [-0.4, -0.2) is 15.1 Å². The highest BCUT2D eigenvalue weighted by molar-refractivity contribution is 7.13. The van der Waals surface area contributed by atoms with Crippen LogP contribution in [-0.2, 0) is 0 Å². The van der Waals surface area contributed by atoms with E-state index in [1.165, 1.54) is 11.3 Å². The molecule has 0 fully saturated rings. The van der Waals surface area contributed by atoms with Crippen molar-refractivity contribution in [2.45, 2.75) is 6.92 Å². The third kappa shape index (κ3) is 1.14. The van der Waals surface area contributed by atoms with Gasteiger partial charge in [0.15, 0.2) is 5.82 Å². The Labute approximate surface area is 66.9 Å². The van der Waals surface area contributed by atoms with Gasteiger partial charge in [0.2, 0.25) is 0 Å². The van der Waals surface area contributed by atoms with Crippen LogP contribution in [0.4, 0.5) is 0 Å². The third-order valence-electron chi connectivity index (χ3n) is 1.17. The standard InChI is InChI=1S/C6H5N3OS/c1-4-8-6(10-9-4)5-2-7-3-11-5/h2-3H,1H3. The summed E-state index contributed by atoms with van der Waals surface area (Å²) in [5.74, 6) is 1.19. The summed E-state index contributed by atoms with van der Waals surface area (Å²) >= 11 is 1.48. The fourth-order valence-corrected chi connectivity index (χ4v) is 1.26. The summed E-state index contributed by atoms with van der Waals surface area (Å²) in [7, 11) is 0. The Hall–Kier alpha value is -1.23. The summed E-state index contributed by atoms with van der Waals surface area (Å²) in [6, 6.07) is 0. The highest BCUT2D eigenvalue weighted by Gasteiger charge is 2.06. The van der Waals surface area contributed by atoms with Gasteiger partial charge in [-0.05, 0) is 6.92 Å². The number of aryl methyl sites for hydroxylation is 1. The molecule has 0 aliphatic rings. The zero-order valence-electron chi connectivity index (χ0n) is 5.81. The maximum atomic E-state index is 4.92. The van der Waals surface area contributed by atoms with Crippen LogP contribution in [0.15, 0.2) is 16.2 Å². The predicted octanol–water partition coefficient (Wildman–Crippen LogP) is 1.50. The first-order chi connectivity index (χ1) is 5.36. The minimum absolute atomic E-state index is 0.546. The van der Waals surface area contributed by atoms with E-state index in [1.54, 1.807) is 18.6 Å². The Morgan fingerprint density at radius 1 is 1.55 bits per heavy atom. The van der Waals surface area contributed by atoms with Crippen LogP contribution < -0.4 is 0 Å². The molecule has 2 aromatic rings. The molecule has 0 aliphatic carbocycles. The van der Waals surface area contributed by atoms with Gasteiger partial charge in [-0.3, -0.25) is 4.98 Å². The van der Waals surface area contributed by atoms with E-state index in [0.717, 1.165) is 4.88 Å². The molecule has 4 nitrogen and oxygen atoms in total. The lowest BCUT2D eigenvalue weighted by atomic mass is 10.5. The number of rotatable bonds is 1. The maximum Gasteiger partial charge on any atom is 0.269 e. The van der Waals surface area contributed by atoms with Gasteiger partial charge >= 0.3 is 0 Å². The quantitative estimate of drug-likeness (QED) is 0.645. The highest BCUT2D eigenvalue weighted by Crippen LogP contribution is 2.20. The van der Waals surface area contributed by atoms with Gasteiger partial charge < -0.3 is 4.52 Å². The molecule has 0 unspecified atom stereocenters. The first-order valence-corrected chi connectivity index (χ1v) is 3.93. The second-order valence-electron chi connectivity index (χ2n) is 2.01. The molecule has 11 heavy (non-hydrogen) atoms. The fourth-order valence-electron chi connectivity index (χ4n) is 0.719. The molecule has 0 aromatic carbocycles. The fraction of sp³-hybridized carbons (Fsp3) is 0.167. The van der Waals surface area contributed by atoms with Crippen molar-refractivity contribution in [1.29, 1.82) is 0 Å². The van der Waals surface area contributed by atoms with E-state index in [4.69, 9.17) is 4.52 Å². The van der Waals surface area contributed by atoms with Crippen molar-refractivity contribution < 1.29 is 4.52 Å². The van der Waals surface area contributed by atoms with Crippen LogP contribution in [0, 0.1) is 6.92 Å². The molecule has 0 spiro atoms. The van der Waals surface area contributed by atoms with E-state index in [1.807, 2.05) is 0 Å². The first-order valence-electron chi connectivity index (χ1n) is 3.05. The molecule has 5 heteroatoms. The minimum atomic E-state index is 0.546. The Morgan fingerprint density at radius 2 is 2.45 bits per heavy atom. The molecule has 0 aliphatic heterocycles. The van der Waals surface area contributed by atoms with E-state index < -0.39 is 0 Å². The Balaban J connectivity index is 2.45. The maximum absolute atomic E-state index is 4.92. The molecule has 0 bridgehead atoms. The Kier molecular flexibility index (Phi) is 1.43. The van der Waals surface area contributed by atoms with Crippen LogP contribution in [0.25, 0.3) is 10.8 Å². The SMILES string of the molecule is Cc1noc(-c2cncs2)n1. The molecule has 0 saturated heterocycles. The largest absolute Gasteiger partial charge is 0.333 e. The zero-order valence-corrected chi connectivity index (χ0v) is 6.63. The van der Waals surface area contributed by atoms with E-state index in [2.05, 4.69) is 15.1 Å². The van der Waals surface area contributed by atoms with E-state index in [-0.39, 0.29) is 0 Å². The lowest BCUT2D eigenvalue weighted by molar-refractivity contribution is 0.426. The van der Waals surface area contributed by atoms with Gasteiger partial charge in [-0.25, -0.2) is 0 Å². The van der Waals surface area contributed by atoms with Crippen molar-refractivity contribution in [2.75, 3.05) is 0 Å². The lowest BCUT2D eigenvalue weighted by Crippen LogP contribution is -1.72. The molecule has 0 radical (unpaired) electrons. The number of hydrogen-bond acceptors (Lipinski definition) is 5. The summed E-state index contributed by atoms with van der Waals surface area (Å²) in [6.07, 6.45) is 1.71. The lowest BCUT2D eigenvalue weighted by Gasteiger charge is -1.79. The van der Waals surface area contributed by atoms with Gasteiger partial charge in [0, 0.05) is 0 Å².